The highest BCUT2D eigenvalue weighted by molar-refractivity contribution is 6.42. The van der Waals surface area contributed by atoms with Crippen molar-refractivity contribution < 1.29 is 5.11 Å². The Labute approximate surface area is 129 Å². The molecule has 0 spiro atoms. The lowest BCUT2D eigenvalue weighted by Crippen LogP contribution is -2.34. The van der Waals surface area contributed by atoms with Crippen LogP contribution in [0, 0.1) is 0 Å². The van der Waals surface area contributed by atoms with E-state index in [1.165, 1.54) is 5.56 Å². The van der Waals surface area contributed by atoms with E-state index in [-0.39, 0.29) is 12.6 Å². The van der Waals surface area contributed by atoms with E-state index in [0.29, 0.717) is 16.6 Å². The fraction of sp³-hybridized carbons (Fsp3) is 0.250. The highest BCUT2D eigenvalue weighted by Crippen LogP contribution is 2.22. The van der Waals surface area contributed by atoms with Crippen molar-refractivity contribution in [2.45, 2.75) is 19.0 Å². The first kappa shape index (κ1) is 15.3. The maximum absolute atomic E-state index is 9.45. The van der Waals surface area contributed by atoms with Crippen LogP contribution in [0.4, 0.5) is 0 Å². The van der Waals surface area contributed by atoms with Crippen LogP contribution in [-0.4, -0.2) is 17.8 Å². The maximum atomic E-state index is 9.45. The molecular weight excluding hydrogens is 293 g/mol. The van der Waals surface area contributed by atoms with Gasteiger partial charge in [0.1, 0.15) is 0 Å². The van der Waals surface area contributed by atoms with Gasteiger partial charge in [0, 0.05) is 12.6 Å². The molecule has 0 unspecified atom stereocenters. The van der Waals surface area contributed by atoms with Gasteiger partial charge >= 0.3 is 0 Å². The molecule has 20 heavy (non-hydrogen) atoms. The average molecular weight is 310 g/mol. The number of aliphatic hydroxyl groups excluding tert-OH is 1. The van der Waals surface area contributed by atoms with E-state index in [2.05, 4.69) is 17.4 Å². The van der Waals surface area contributed by atoms with Crippen LogP contribution in [0.5, 0.6) is 0 Å². The number of hydrogen-bond donors (Lipinski definition) is 2. The molecular formula is C16H17Cl2NO. The molecule has 4 heteroatoms. The third-order valence-electron chi connectivity index (χ3n) is 3.12. The predicted octanol–water partition coefficient (Wildman–Crippen LogP) is 3.69. The molecule has 0 radical (unpaired) electrons. The molecule has 2 aromatic rings. The molecule has 0 heterocycles. The SMILES string of the molecule is OC[C@H](Cc1ccccc1)NCc1ccc(Cl)c(Cl)c1. The standard InChI is InChI=1S/C16H17Cl2NO/c17-15-7-6-13(9-16(15)18)10-19-14(11-20)8-12-4-2-1-3-5-12/h1-7,9,14,19-20H,8,10-11H2/t14-/m0/s1. The molecule has 0 saturated carbocycles. The highest BCUT2D eigenvalue weighted by Gasteiger charge is 2.08. The van der Waals surface area contributed by atoms with E-state index >= 15 is 0 Å². The van der Waals surface area contributed by atoms with Gasteiger partial charge in [-0.05, 0) is 29.7 Å². The summed E-state index contributed by atoms with van der Waals surface area (Å²) >= 11 is 11.9. The van der Waals surface area contributed by atoms with Gasteiger partial charge < -0.3 is 10.4 Å². The summed E-state index contributed by atoms with van der Waals surface area (Å²) in [5, 5.41) is 13.9. The maximum Gasteiger partial charge on any atom is 0.0595 e. The molecule has 2 rings (SSSR count). The van der Waals surface area contributed by atoms with Crippen molar-refractivity contribution in [2.24, 2.45) is 0 Å². The van der Waals surface area contributed by atoms with Crippen LogP contribution in [0.15, 0.2) is 48.5 Å². The van der Waals surface area contributed by atoms with Gasteiger partial charge in [-0.25, -0.2) is 0 Å². The summed E-state index contributed by atoms with van der Waals surface area (Å²) in [5.74, 6) is 0. The van der Waals surface area contributed by atoms with E-state index in [0.717, 1.165) is 12.0 Å². The van der Waals surface area contributed by atoms with E-state index in [1.54, 1.807) is 6.07 Å². The van der Waals surface area contributed by atoms with Crippen LogP contribution in [0.3, 0.4) is 0 Å². The van der Waals surface area contributed by atoms with Gasteiger partial charge in [0.15, 0.2) is 0 Å². The number of aliphatic hydroxyl groups is 1. The highest BCUT2D eigenvalue weighted by atomic mass is 35.5. The monoisotopic (exact) mass is 309 g/mol. The van der Waals surface area contributed by atoms with Crippen molar-refractivity contribution in [3.8, 4) is 0 Å². The quantitative estimate of drug-likeness (QED) is 0.853. The zero-order valence-corrected chi connectivity index (χ0v) is 12.5. The zero-order chi connectivity index (χ0) is 14.4. The van der Waals surface area contributed by atoms with Gasteiger partial charge in [0.05, 0.1) is 16.7 Å². The van der Waals surface area contributed by atoms with Crippen LogP contribution >= 0.6 is 23.2 Å². The van der Waals surface area contributed by atoms with Crippen LogP contribution in [0.2, 0.25) is 10.0 Å². The minimum absolute atomic E-state index is 0.0202. The normalized spacial score (nSPS) is 12.3. The number of nitrogens with one attached hydrogen (secondary N) is 1. The molecule has 0 aliphatic rings. The Morgan fingerprint density at radius 2 is 1.70 bits per heavy atom. The second-order valence-corrected chi connectivity index (χ2v) is 5.51. The summed E-state index contributed by atoms with van der Waals surface area (Å²) in [7, 11) is 0. The average Bonchev–Trinajstić information content (AvgIpc) is 2.48. The van der Waals surface area contributed by atoms with Gasteiger partial charge in [-0.2, -0.15) is 0 Å². The molecule has 106 valence electrons. The molecule has 2 nitrogen and oxygen atoms in total. The Bertz CT molecular complexity index is 545. The van der Waals surface area contributed by atoms with E-state index in [9.17, 15) is 5.11 Å². The van der Waals surface area contributed by atoms with Crippen LogP contribution in [-0.2, 0) is 13.0 Å². The summed E-state index contributed by atoms with van der Waals surface area (Å²) in [6.45, 7) is 0.741. The molecule has 0 fully saturated rings. The van der Waals surface area contributed by atoms with Crippen molar-refractivity contribution in [2.75, 3.05) is 6.61 Å². The zero-order valence-electron chi connectivity index (χ0n) is 11.0. The van der Waals surface area contributed by atoms with E-state index < -0.39 is 0 Å². The number of rotatable bonds is 6. The lowest BCUT2D eigenvalue weighted by atomic mass is 10.1. The molecule has 0 aliphatic heterocycles. The Balaban J connectivity index is 1.92. The first-order valence-electron chi connectivity index (χ1n) is 6.51. The topological polar surface area (TPSA) is 32.3 Å². The van der Waals surface area contributed by atoms with Crippen molar-refractivity contribution in [3.05, 3.63) is 69.7 Å². The van der Waals surface area contributed by atoms with Crippen molar-refractivity contribution in [1.29, 1.82) is 0 Å². The first-order valence-corrected chi connectivity index (χ1v) is 7.26. The number of halogens is 2. The molecule has 2 aromatic carbocycles. The fourth-order valence-electron chi connectivity index (χ4n) is 2.01. The van der Waals surface area contributed by atoms with Gasteiger partial charge in [-0.1, -0.05) is 59.6 Å². The van der Waals surface area contributed by atoms with Crippen molar-refractivity contribution in [1.82, 2.24) is 5.32 Å². The second kappa shape index (κ2) is 7.65. The Hall–Kier alpha value is -1.06. The van der Waals surface area contributed by atoms with Crippen LogP contribution < -0.4 is 5.32 Å². The van der Waals surface area contributed by atoms with Crippen molar-refractivity contribution >= 4 is 23.2 Å². The summed E-state index contributed by atoms with van der Waals surface area (Å²) in [6, 6.07) is 15.7. The molecule has 0 aliphatic carbocycles. The summed E-state index contributed by atoms with van der Waals surface area (Å²) in [4.78, 5) is 0. The molecule has 0 saturated heterocycles. The summed E-state index contributed by atoms with van der Waals surface area (Å²) in [6.07, 6.45) is 0.790. The third-order valence-corrected chi connectivity index (χ3v) is 3.86. The number of benzene rings is 2. The molecule has 2 N–H and O–H groups in total. The largest absolute Gasteiger partial charge is 0.395 e. The number of hydrogen-bond acceptors (Lipinski definition) is 2. The van der Waals surface area contributed by atoms with Crippen LogP contribution in [0.1, 0.15) is 11.1 Å². The molecule has 0 bridgehead atoms. The van der Waals surface area contributed by atoms with Crippen molar-refractivity contribution in [3.63, 3.8) is 0 Å². The minimum Gasteiger partial charge on any atom is -0.395 e. The minimum atomic E-state index is 0.0202. The van der Waals surface area contributed by atoms with Crippen LogP contribution in [0.25, 0.3) is 0 Å². The Morgan fingerprint density at radius 1 is 0.950 bits per heavy atom. The smallest absolute Gasteiger partial charge is 0.0595 e. The lowest BCUT2D eigenvalue weighted by molar-refractivity contribution is 0.241. The second-order valence-electron chi connectivity index (χ2n) is 4.70. The predicted molar refractivity (Wildman–Crippen MR) is 84.3 cm³/mol. The Morgan fingerprint density at radius 3 is 2.35 bits per heavy atom. The van der Waals surface area contributed by atoms with E-state index in [1.807, 2.05) is 30.3 Å². The fourth-order valence-corrected chi connectivity index (χ4v) is 2.33. The summed E-state index contributed by atoms with van der Waals surface area (Å²) < 4.78 is 0. The molecule has 0 amide bonds. The third kappa shape index (κ3) is 4.50. The van der Waals surface area contributed by atoms with Gasteiger partial charge in [0.2, 0.25) is 0 Å². The van der Waals surface area contributed by atoms with Gasteiger partial charge in [-0.3, -0.25) is 0 Å². The first-order chi connectivity index (χ1) is 9.69. The lowest BCUT2D eigenvalue weighted by Gasteiger charge is -2.16. The summed E-state index contributed by atoms with van der Waals surface area (Å²) in [5.41, 5.74) is 2.25. The molecule has 1 atom stereocenters. The molecule has 0 aromatic heterocycles. The van der Waals surface area contributed by atoms with E-state index in [4.69, 9.17) is 23.2 Å². The van der Waals surface area contributed by atoms with Gasteiger partial charge in [-0.15, -0.1) is 0 Å². The van der Waals surface area contributed by atoms with Gasteiger partial charge in [0.25, 0.3) is 0 Å². The Kier molecular flexibility index (Phi) is 5.86.